The van der Waals surface area contributed by atoms with Gasteiger partial charge in [-0.2, -0.15) is 0 Å². The zero-order chi connectivity index (χ0) is 21.0. The number of thiophene rings is 1. The summed E-state index contributed by atoms with van der Waals surface area (Å²) >= 11 is 2.64. The van der Waals surface area contributed by atoms with Gasteiger partial charge in [0.05, 0.1) is 23.7 Å². The first-order valence-corrected chi connectivity index (χ1v) is 10.8. The van der Waals surface area contributed by atoms with Gasteiger partial charge in [0.15, 0.2) is 5.16 Å². The lowest BCUT2D eigenvalue weighted by atomic mass is 10.1. The Hall–Kier alpha value is -2.53. The molecular weight excluding hydrogens is 410 g/mol. The van der Waals surface area contributed by atoms with Crippen molar-refractivity contribution in [3.63, 3.8) is 0 Å². The van der Waals surface area contributed by atoms with Crippen molar-refractivity contribution in [2.45, 2.75) is 5.16 Å². The van der Waals surface area contributed by atoms with Gasteiger partial charge in [0.1, 0.15) is 4.83 Å². The summed E-state index contributed by atoms with van der Waals surface area (Å²) in [5.74, 6) is -0.681. The second-order valence-electron chi connectivity index (χ2n) is 6.34. The number of carbonyl (C=O) groups excluding carboxylic acids is 2. The average Bonchev–Trinajstić information content (AvgIpc) is 3.11. The lowest BCUT2D eigenvalue weighted by molar-refractivity contribution is -0.117. The van der Waals surface area contributed by atoms with Crippen molar-refractivity contribution in [2.75, 3.05) is 38.3 Å². The van der Waals surface area contributed by atoms with Gasteiger partial charge in [-0.25, -0.2) is 9.97 Å². The molecule has 0 aliphatic rings. The molecule has 0 atom stereocenters. The number of thioether (sulfide) groups is 1. The summed E-state index contributed by atoms with van der Waals surface area (Å²) in [6, 6.07) is 9.05. The van der Waals surface area contributed by atoms with E-state index in [1.54, 1.807) is 24.1 Å². The number of amides is 2. The molecule has 152 valence electrons. The quantitative estimate of drug-likeness (QED) is 0.369. The average molecular weight is 432 g/mol. The Morgan fingerprint density at radius 2 is 2.10 bits per heavy atom. The Kier molecular flexibility index (Phi) is 6.80. The van der Waals surface area contributed by atoms with Crippen LogP contribution in [0.15, 0.2) is 35.5 Å². The van der Waals surface area contributed by atoms with Crippen LogP contribution in [0.5, 0.6) is 0 Å². The van der Waals surface area contributed by atoms with E-state index in [4.69, 9.17) is 10.8 Å². The summed E-state index contributed by atoms with van der Waals surface area (Å²) < 4.78 is 0. The second kappa shape index (κ2) is 9.31. The number of benzene rings is 1. The van der Waals surface area contributed by atoms with Crippen LogP contribution in [0.2, 0.25) is 0 Å². The highest BCUT2D eigenvalue weighted by molar-refractivity contribution is 7.98. The van der Waals surface area contributed by atoms with Crippen LogP contribution < -0.4 is 11.1 Å². The number of anilines is 1. The maximum absolute atomic E-state index is 12.2. The van der Waals surface area contributed by atoms with Crippen molar-refractivity contribution in [3.8, 4) is 11.3 Å². The molecule has 0 aliphatic heterocycles. The van der Waals surface area contributed by atoms with Gasteiger partial charge in [0.2, 0.25) is 5.91 Å². The highest BCUT2D eigenvalue weighted by Gasteiger charge is 2.16. The van der Waals surface area contributed by atoms with E-state index in [1.807, 2.05) is 24.5 Å². The SMILES string of the molecule is CSc1nc(-c2cccc(NC(=O)CN(C)CCO)c2)c2cc(C(N)=O)sc2n1. The first-order valence-electron chi connectivity index (χ1n) is 8.76. The van der Waals surface area contributed by atoms with Crippen LogP contribution in [-0.2, 0) is 4.79 Å². The first-order chi connectivity index (χ1) is 13.9. The summed E-state index contributed by atoms with van der Waals surface area (Å²) in [6.45, 7) is 0.588. The number of nitrogens with zero attached hydrogens (tertiary/aromatic N) is 3. The number of nitrogens with one attached hydrogen (secondary N) is 1. The predicted octanol–water partition coefficient (Wildman–Crippen LogP) is 2.04. The van der Waals surface area contributed by atoms with Gasteiger partial charge in [-0.05, 0) is 31.5 Å². The number of aliphatic hydroxyl groups excluding tert-OH is 1. The van der Waals surface area contributed by atoms with E-state index in [9.17, 15) is 9.59 Å². The first kappa shape index (κ1) is 21.2. The Morgan fingerprint density at radius 1 is 1.31 bits per heavy atom. The molecule has 0 saturated carbocycles. The molecule has 0 bridgehead atoms. The normalized spacial score (nSPS) is 11.2. The van der Waals surface area contributed by atoms with E-state index in [0.717, 1.165) is 10.9 Å². The van der Waals surface area contributed by atoms with Crippen LogP contribution in [0.25, 0.3) is 21.5 Å². The zero-order valence-corrected chi connectivity index (χ0v) is 17.6. The van der Waals surface area contributed by atoms with Crippen molar-refractivity contribution in [2.24, 2.45) is 5.73 Å². The fourth-order valence-corrected chi connectivity index (χ4v) is 4.08. The van der Waals surface area contributed by atoms with Crippen molar-refractivity contribution in [1.29, 1.82) is 0 Å². The molecule has 8 nitrogen and oxygen atoms in total. The molecule has 10 heteroatoms. The number of likely N-dealkylation sites (N-methyl/N-ethyl adjacent to an activating group) is 1. The van der Waals surface area contributed by atoms with Crippen LogP contribution in [0.1, 0.15) is 9.67 Å². The molecule has 3 rings (SSSR count). The van der Waals surface area contributed by atoms with Crippen molar-refractivity contribution in [1.82, 2.24) is 14.9 Å². The molecule has 1 aromatic carbocycles. The molecule has 2 amide bonds. The minimum atomic E-state index is -0.502. The molecule has 29 heavy (non-hydrogen) atoms. The molecular formula is C19H21N5O3S2. The van der Waals surface area contributed by atoms with E-state index in [1.165, 1.54) is 23.1 Å². The topological polar surface area (TPSA) is 121 Å². The third-order valence-corrected chi connectivity index (χ3v) is 5.70. The van der Waals surface area contributed by atoms with Gasteiger partial charge in [0.25, 0.3) is 5.91 Å². The Morgan fingerprint density at radius 3 is 2.79 bits per heavy atom. The minimum absolute atomic E-state index is 0.00528. The van der Waals surface area contributed by atoms with Crippen molar-refractivity contribution < 1.29 is 14.7 Å². The summed E-state index contributed by atoms with van der Waals surface area (Å²) in [5.41, 5.74) is 7.53. The highest BCUT2D eigenvalue weighted by atomic mass is 32.2. The number of fused-ring (bicyclic) bond motifs is 1. The van der Waals surface area contributed by atoms with Crippen LogP contribution in [-0.4, -0.2) is 64.8 Å². The summed E-state index contributed by atoms with van der Waals surface area (Å²) in [7, 11) is 1.76. The Balaban J connectivity index is 1.94. The number of hydrogen-bond acceptors (Lipinski definition) is 8. The van der Waals surface area contributed by atoms with E-state index < -0.39 is 5.91 Å². The Labute approximate surface area is 176 Å². The number of primary amides is 1. The summed E-state index contributed by atoms with van der Waals surface area (Å²) in [5, 5.41) is 13.1. The van der Waals surface area contributed by atoms with E-state index in [2.05, 4.69) is 15.3 Å². The van der Waals surface area contributed by atoms with Gasteiger partial charge in [-0.1, -0.05) is 23.9 Å². The van der Waals surface area contributed by atoms with Gasteiger partial charge >= 0.3 is 0 Å². The third-order valence-electron chi connectivity index (χ3n) is 4.11. The fourth-order valence-electron chi connectivity index (χ4n) is 2.77. The molecule has 0 aliphatic carbocycles. The molecule has 0 fully saturated rings. The molecule has 4 N–H and O–H groups in total. The molecule has 0 spiro atoms. The van der Waals surface area contributed by atoms with Crippen LogP contribution in [0, 0.1) is 0 Å². The smallest absolute Gasteiger partial charge is 0.258 e. The van der Waals surface area contributed by atoms with E-state index >= 15 is 0 Å². The number of hydrogen-bond donors (Lipinski definition) is 3. The number of carbonyl (C=O) groups is 2. The molecule has 0 radical (unpaired) electrons. The molecule has 2 heterocycles. The molecule has 3 aromatic rings. The van der Waals surface area contributed by atoms with Crippen molar-refractivity contribution >= 4 is 50.8 Å². The standard InChI is InChI=1S/C19H21N5O3S2/c1-24(6-7-25)10-15(26)21-12-5-3-4-11(8-12)16-13-9-14(17(20)27)29-18(13)23-19(22-16)28-2/h3-5,8-9,25H,6-7,10H2,1-2H3,(H2,20,27)(H,21,26). The Bertz CT molecular complexity index is 1050. The number of aliphatic hydroxyl groups is 1. The summed E-state index contributed by atoms with van der Waals surface area (Å²) in [4.78, 5) is 35.7. The molecule has 0 unspecified atom stereocenters. The van der Waals surface area contributed by atoms with Gasteiger partial charge in [0, 0.05) is 23.2 Å². The van der Waals surface area contributed by atoms with E-state index in [0.29, 0.717) is 32.8 Å². The monoisotopic (exact) mass is 431 g/mol. The maximum atomic E-state index is 12.2. The van der Waals surface area contributed by atoms with Crippen molar-refractivity contribution in [3.05, 3.63) is 35.2 Å². The second-order valence-corrected chi connectivity index (χ2v) is 8.15. The largest absolute Gasteiger partial charge is 0.395 e. The lowest BCUT2D eigenvalue weighted by Gasteiger charge is -2.15. The number of nitrogens with two attached hydrogens (primary N) is 1. The summed E-state index contributed by atoms with van der Waals surface area (Å²) in [6.07, 6.45) is 1.88. The number of rotatable bonds is 8. The lowest BCUT2D eigenvalue weighted by Crippen LogP contribution is -2.32. The third kappa shape index (κ3) is 5.10. The van der Waals surface area contributed by atoms with Crippen LogP contribution in [0.3, 0.4) is 0 Å². The van der Waals surface area contributed by atoms with E-state index in [-0.39, 0.29) is 19.1 Å². The molecule has 0 saturated heterocycles. The van der Waals surface area contributed by atoms with Crippen LogP contribution >= 0.6 is 23.1 Å². The van der Waals surface area contributed by atoms with Gasteiger partial charge < -0.3 is 16.2 Å². The highest BCUT2D eigenvalue weighted by Crippen LogP contribution is 2.34. The minimum Gasteiger partial charge on any atom is -0.395 e. The molecule has 2 aromatic heterocycles. The fraction of sp³-hybridized carbons (Fsp3) is 0.263. The number of aromatic nitrogens is 2. The van der Waals surface area contributed by atoms with Crippen LogP contribution in [0.4, 0.5) is 5.69 Å². The van der Waals surface area contributed by atoms with Gasteiger partial charge in [-0.3, -0.25) is 14.5 Å². The predicted molar refractivity (Wildman–Crippen MR) is 116 cm³/mol. The van der Waals surface area contributed by atoms with Gasteiger partial charge in [-0.15, -0.1) is 11.3 Å². The zero-order valence-electron chi connectivity index (χ0n) is 16.0. The maximum Gasteiger partial charge on any atom is 0.258 e.